The van der Waals surface area contributed by atoms with Gasteiger partial charge in [0.15, 0.2) is 12.2 Å². The maximum absolute atomic E-state index is 13.1. The molecule has 0 aliphatic heterocycles. The van der Waals surface area contributed by atoms with Gasteiger partial charge in [-0.25, -0.2) is 9.13 Å². The van der Waals surface area contributed by atoms with Crippen molar-refractivity contribution in [2.24, 2.45) is 5.92 Å². The van der Waals surface area contributed by atoms with Crippen molar-refractivity contribution in [1.82, 2.24) is 0 Å². The molecule has 0 aliphatic rings. The summed E-state index contributed by atoms with van der Waals surface area (Å²) in [7, 11) is -9.93. The van der Waals surface area contributed by atoms with E-state index in [2.05, 4.69) is 58.9 Å². The summed E-state index contributed by atoms with van der Waals surface area (Å²) >= 11 is 0. The maximum atomic E-state index is 13.1. The number of allylic oxidation sites excluding steroid dienone is 4. The zero-order valence-electron chi connectivity index (χ0n) is 66.2. The van der Waals surface area contributed by atoms with Gasteiger partial charge in [-0.15, -0.1) is 0 Å². The van der Waals surface area contributed by atoms with Gasteiger partial charge in [0.05, 0.1) is 26.4 Å². The maximum Gasteiger partial charge on any atom is 0.472 e. The molecule has 0 rings (SSSR count). The molecule has 0 aromatic heterocycles. The normalized spacial score (nSPS) is 14.0. The van der Waals surface area contributed by atoms with Gasteiger partial charge in [0.2, 0.25) is 0 Å². The monoisotopic (exact) mass is 1490 g/mol. The number of unbranched alkanes of at least 4 members (excludes halogenated alkanes) is 50. The first kappa shape index (κ1) is 99.5. The van der Waals surface area contributed by atoms with Crippen molar-refractivity contribution in [3.05, 3.63) is 24.3 Å². The van der Waals surface area contributed by atoms with Gasteiger partial charge in [0.1, 0.15) is 19.3 Å². The van der Waals surface area contributed by atoms with E-state index in [-0.39, 0.29) is 25.7 Å². The number of phosphoric ester groups is 2. The van der Waals surface area contributed by atoms with Gasteiger partial charge in [-0.05, 0) is 57.3 Å². The van der Waals surface area contributed by atoms with Crippen molar-refractivity contribution < 1.29 is 80.2 Å². The number of hydrogen-bond donors (Lipinski definition) is 3. The number of aliphatic hydroxyl groups excluding tert-OH is 1. The SMILES string of the molecule is CCCCCC/C=C\C=C/CCCCCCCC(=O)O[C@H](COC(=O)CCCCCCCCCCC)COP(=O)(O)OC[C@H](O)COP(=O)(O)OC[C@@H](COC(=O)CCCCCCCCCCCCCCCCC(C)C)OC(=O)CCCCCCCCCCCCCCCCCCCCCCC. The molecule has 0 bridgehead atoms. The Morgan fingerprint density at radius 1 is 0.304 bits per heavy atom. The molecular formula is C83H158O17P2. The Bertz CT molecular complexity index is 2040. The fourth-order valence-electron chi connectivity index (χ4n) is 12.4. The highest BCUT2D eigenvalue weighted by Gasteiger charge is 2.30. The van der Waals surface area contributed by atoms with E-state index in [0.29, 0.717) is 25.7 Å². The van der Waals surface area contributed by atoms with Gasteiger partial charge in [-0.3, -0.25) is 37.3 Å². The molecular weight excluding hydrogens is 1330 g/mol. The van der Waals surface area contributed by atoms with Crippen LogP contribution in [0.2, 0.25) is 0 Å². The van der Waals surface area contributed by atoms with Crippen LogP contribution in [0.1, 0.15) is 420 Å². The third-order valence-corrected chi connectivity index (χ3v) is 20.8. The minimum absolute atomic E-state index is 0.0854. The number of ether oxygens (including phenoxy) is 4. The summed E-state index contributed by atoms with van der Waals surface area (Å²) in [5.74, 6) is -1.34. The fraction of sp³-hybridized carbons (Fsp3) is 0.904. The van der Waals surface area contributed by atoms with Crippen LogP contribution in [0.4, 0.5) is 0 Å². The van der Waals surface area contributed by atoms with E-state index in [9.17, 15) is 43.2 Å². The first-order valence-electron chi connectivity index (χ1n) is 42.5. The van der Waals surface area contributed by atoms with Crippen LogP contribution < -0.4 is 0 Å². The highest BCUT2D eigenvalue weighted by molar-refractivity contribution is 7.47. The molecule has 19 heteroatoms. The fourth-order valence-corrected chi connectivity index (χ4v) is 14.0. The predicted octanol–water partition coefficient (Wildman–Crippen LogP) is 24.8. The van der Waals surface area contributed by atoms with Gasteiger partial charge in [0.25, 0.3) is 0 Å². The Morgan fingerprint density at radius 3 is 0.804 bits per heavy atom. The quantitative estimate of drug-likeness (QED) is 0.0169. The minimum atomic E-state index is -4.97. The lowest BCUT2D eigenvalue weighted by atomic mass is 10.0. The number of aliphatic hydroxyl groups is 1. The van der Waals surface area contributed by atoms with E-state index >= 15 is 0 Å². The summed E-state index contributed by atoms with van der Waals surface area (Å²) in [6.07, 6.45) is 70.3. The minimum Gasteiger partial charge on any atom is -0.462 e. The predicted molar refractivity (Wildman–Crippen MR) is 418 cm³/mol. The molecule has 0 heterocycles. The second-order valence-electron chi connectivity index (χ2n) is 29.7. The van der Waals surface area contributed by atoms with E-state index in [1.54, 1.807) is 0 Å². The second kappa shape index (κ2) is 75.4. The summed E-state index contributed by atoms with van der Waals surface area (Å²) in [6.45, 7) is 7.28. The van der Waals surface area contributed by atoms with E-state index in [1.165, 1.54) is 231 Å². The lowest BCUT2D eigenvalue weighted by molar-refractivity contribution is -0.161. The number of carbonyl (C=O) groups is 4. The van der Waals surface area contributed by atoms with Crippen LogP contribution in [0, 0.1) is 5.92 Å². The highest BCUT2D eigenvalue weighted by Crippen LogP contribution is 2.45. The number of esters is 4. The van der Waals surface area contributed by atoms with Crippen molar-refractivity contribution in [2.75, 3.05) is 39.6 Å². The Balaban J connectivity index is 5.24. The first-order valence-corrected chi connectivity index (χ1v) is 45.4. The van der Waals surface area contributed by atoms with Gasteiger partial charge < -0.3 is 33.8 Å². The topological polar surface area (TPSA) is 237 Å². The smallest absolute Gasteiger partial charge is 0.462 e. The van der Waals surface area contributed by atoms with Crippen LogP contribution in [0.3, 0.4) is 0 Å². The van der Waals surface area contributed by atoms with Crippen LogP contribution in [-0.4, -0.2) is 96.7 Å². The third kappa shape index (κ3) is 75.8. The number of hydrogen-bond acceptors (Lipinski definition) is 15. The van der Waals surface area contributed by atoms with E-state index in [0.717, 1.165) is 109 Å². The molecule has 0 spiro atoms. The Morgan fingerprint density at radius 2 is 0.529 bits per heavy atom. The Kier molecular flexibility index (Phi) is 73.5. The molecule has 102 heavy (non-hydrogen) atoms. The van der Waals surface area contributed by atoms with Crippen LogP contribution in [0.25, 0.3) is 0 Å². The van der Waals surface area contributed by atoms with Crippen LogP contribution >= 0.6 is 15.6 Å². The van der Waals surface area contributed by atoms with E-state index in [4.69, 9.17) is 37.0 Å². The number of phosphoric acid groups is 2. The summed E-state index contributed by atoms with van der Waals surface area (Å²) in [6, 6.07) is 0. The molecule has 5 atom stereocenters. The van der Waals surface area contributed by atoms with Crippen molar-refractivity contribution >= 4 is 39.5 Å². The molecule has 0 radical (unpaired) electrons. The first-order chi connectivity index (χ1) is 49.5. The van der Waals surface area contributed by atoms with Crippen LogP contribution in [0.15, 0.2) is 24.3 Å². The van der Waals surface area contributed by atoms with E-state index < -0.39 is 97.5 Å². The van der Waals surface area contributed by atoms with Crippen molar-refractivity contribution in [3.8, 4) is 0 Å². The summed E-state index contributed by atoms with van der Waals surface area (Å²) in [5.41, 5.74) is 0. The molecule has 0 aromatic carbocycles. The zero-order chi connectivity index (χ0) is 74.8. The third-order valence-electron chi connectivity index (χ3n) is 18.9. The highest BCUT2D eigenvalue weighted by atomic mass is 31.2. The summed E-state index contributed by atoms with van der Waals surface area (Å²) in [4.78, 5) is 73.0. The van der Waals surface area contributed by atoms with Crippen LogP contribution in [-0.2, 0) is 65.4 Å². The molecule has 0 fully saturated rings. The summed E-state index contributed by atoms with van der Waals surface area (Å²) < 4.78 is 68.7. The molecule has 0 aromatic rings. The van der Waals surface area contributed by atoms with E-state index in [1.807, 2.05) is 0 Å². The van der Waals surface area contributed by atoms with Gasteiger partial charge >= 0.3 is 39.5 Å². The zero-order valence-corrected chi connectivity index (χ0v) is 68.0. The molecule has 0 amide bonds. The largest absolute Gasteiger partial charge is 0.472 e. The Labute approximate surface area is 624 Å². The molecule has 17 nitrogen and oxygen atoms in total. The summed E-state index contributed by atoms with van der Waals surface area (Å²) in [5, 5.41) is 10.6. The van der Waals surface area contributed by atoms with Gasteiger partial charge in [-0.1, -0.05) is 367 Å². The number of rotatable bonds is 81. The molecule has 2 unspecified atom stereocenters. The average Bonchev–Trinajstić information content (AvgIpc) is 0.939. The molecule has 0 saturated carbocycles. The molecule has 0 aliphatic carbocycles. The van der Waals surface area contributed by atoms with Crippen LogP contribution in [0.5, 0.6) is 0 Å². The Hall–Kier alpha value is -2.46. The second-order valence-corrected chi connectivity index (χ2v) is 32.6. The van der Waals surface area contributed by atoms with Crippen molar-refractivity contribution in [2.45, 2.75) is 438 Å². The van der Waals surface area contributed by atoms with Crippen molar-refractivity contribution in [1.29, 1.82) is 0 Å². The lowest BCUT2D eigenvalue weighted by Gasteiger charge is -2.21. The van der Waals surface area contributed by atoms with Gasteiger partial charge in [0, 0.05) is 25.7 Å². The lowest BCUT2D eigenvalue weighted by Crippen LogP contribution is -2.30. The standard InChI is InChI=1S/C83H158O17P2/c1-6-9-12-15-18-21-23-25-27-28-29-30-31-32-34-40-44-49-54-59-64-69-83(88)100-79(73-94-81(86)67-62-57-52-47-42-38-36-35-37-41-46-50-55-60-65-76(4)5)75-98-102(91,92)96-71-77(84)70-95-101(89,90)97-74-78(72-93-80(85)66-61-56-51-45-20-17-14-11-8-3)99-82(87)68-63-58-53-48-43-39-33-26-24-22-19-16-13-10-7-2/h22,24,26,33,76-79,84H,6-21,23,25,27-32,34-75H2,1-5H3,(H,89,90)(H,91,92)/b24-22-,33-26-/t77-,78+,79+/m0/s1. The molecule has 602 valence electrons. The van der Waals surface area contributed by atoms with Crippen molar-refractivity contribution in [3.63, 3.8) is 0 Å². The molecule has 0 saturated heterocycles. The molecule has 3 N–H and O–H groups in total. The number of carbonyl (C=O) groups excluding carboxylic acids is 4. The van der Waals surface area contributed by atoms with Gasteiger partial charge in [-0.2, -0.15) is 0 Å². The average molecular weight is 1490 g/mol.